The summed E-state index contributed by atoms with van der Waals surface area (Å²) in [6, 6.07) is 8.30. The molecule has 1 aliphatic heterocycles. The highest BCUT2D eigenvalue weighted by Crippen LogP contribution is 2.26. The summed E-state index contributed by atoms with van der Waals surface area (Å²) in [4.78, 5) is 25.9. The quantitative estimate of drug-likeness (QED) is 0.750. The fourth-order valence-electron chi connectivity index (χ4n) is 2.56. The van der Waals surface area contributed by atoms with E-state index >= 15 is 0 Å². The van der Waals surface area contributed by atoms with Crippen molar-refractivity contribution in [1.29, 1.82) is 0 Å². The summed E-state index contributed by atoms with van der Waals surface area (Å²) < 4.78 is 0. The van der Waals surface area contributed by atoms with Crippen LogP contribution < -0.4 is 10.2 Å². The smallest absolute Gasteiger partial charge is 0.317 e. The summed E-state index contributed by atoms with van der Waals surface area (Å²) in [5.74, 6) is -1.08. The first-order valence-electron chi connectivity index (χ1n) is 7.06. The standard InChI is InChI=1S/C15H21N3O3/c1-17(11-15(20)21)10-14(19)16-7-9-18-8-6-12-4-2-3-5-13(12)18/h2-5H,6-11H2,1H3,(H,16,19)(H,20,21). The van der Waals surface area contributed by atoms with Gasteiger partial charge in [-0.2, -0.15) is 0 Å². The molecule has 0 fully saturated rings. The van der Waals surface area contributed by atoms with Crippen molar-refractivity contribution in [3.63, 3.8) is 0 Å². The number of hydrogen-bond acceptors (Lipinski definition) is 4. The minimum Gasteiger partial charge on any atom is -0.480 e. The van der Waals surface area contributed by atoms with E-state index in [0.29, 0.717) is 6.54 Å². The predicted molar refractivity (Wildman–Crippen MR) is 80.5 cm³/mol. The molecule has 0 aliphatic carbocycles. The van der Waals surface area contributed by atoms with Gasteiger partial charge in [-0.25, -0.2) is 0 Å². The maximum absolute atomic E-state index is 11.7. The first-order valence-corrected chi connectivity index (χ1v) is 7.06. The van der Waals surface area contributed by atoms with Gasteiger partial charge in [0.05, 0.1) is 13.1 Å². The van der Waals surface area contributed by atoms with Crippen LogP contribution in [0.5, 0.6) is 0 Å². The molecule has 1 aromatic carbocycles. The molecule has 0 unspecified atom stereocenters. The second-order valence-corrected chi connectivity index (χ2v) is 5.28. The number of likely N-dealkylation sites (N-methyl/N-ethyl adjacent to an activating group) is 1. The Labute approximate surface area is 124 Å². The number of carboxylic acid groups (broad SMARTS) is 1. The second-order valence-electron chi connectivity index (χ2n) is 5.28. The normalized spacial score (nSPS) is 13.3. The van der Waals surface area contributed by atoms with Crippen LogP contribution in [0.4, 0.5) is 5.69 Å². The van der Waals surface area contributed by atoms with Crippen LogP contribution in [0.15, 0.2) is 24.3 Å². The third-order valence-corrected chi connectivity index (χ3v) is 3.51. The Morgan fingerprint density at radius 3 is 2.86 bits per heavy atom. The number of carboxylic acids is 1. The molecule has 114 valence electrons. The summed E-state index contributed by atoms with van der Waals surface area (Å²) in [7, 11) is 1.62. The van der Waals surface area contributed by atoms with Gasteiger partial charge in [-0.1, -0.05) is 18.2 Å². The Bertz CT molecular complexity index is 519. The minimum atomic E-state index is -0.932. The van der Waals surface area contributed by atoms with Crippen LogP contribution in [-0.2, 0) is 16.0 Å². The van der Waals surface area contributed by atoms with E-state index in [2.05, 4.69) is 22.3 Å². The first kappa shape index (κ1) is 15.3. The Morgan fingerprint density at radius 2 is 2.10 bits per heavy atom. The van der Waals surface area contributed by atoms with Crippen molar-refractivity contribution in [1.82, 2.24) is 10.2 Å². The number of para-hydroxylation sites is 1. The molecule has 1 amide bonds. The van der Waals surface area contributed by atoms with Gasteiger partial charge < -0.3 is 15.3 Å². The Morgan fingerprint density at radius 1 is 1.33 bits per heavy atom. The molecule has 1 heterocycles. The molecule has 6 nitrogen and oxygen atoms in total. The third-order valence-electron chi connectivity index (χ3n) is 3.51. The van der Waals surface area contributed by atoms with Crippen LogP contribution >= 0.6 is 0 Å². The van der Waals surface area contributed by atoms with Crippen molar-refractivity contribution in [2.24, 2.45) is 0 Å². The number of fused-ring (bicyclic) bond motifs is 1. The molecule has 21 heavy (non-hydrogen) atoms. The van der Waals surface area contributed by atoms with E-state index in [1.54, 1.807) is 7.05 Å². The summed E-state index contributed by atoms with van der Waals surface area (Å²) in [5, 5.41) is 11.5. The van der Waals surface area contributed by atoms with Gasteiger partial charge in [-0.05, 0) is 25.1 Å². The second kappa shape index (κ2) is 7.08. The highest BCUT2D eigenvalue weighted by Gasteiger charge is 2.17. The van der Waals surface area contributed by atoms with Crippen molar-refractivity contribution in [3.05, 3.63) is 29.8 Å². The molecule has 0 spiro atoms. The van der Waals surface area contributed by atoms with Gasteiger partial charge in [-0.3, -0.25) is 14.5 Å². The van der Waals surface area contributed by atoms with Crippen LogP contribution in [0.25, 0.3) is 0 Å². The van der Waals surface area contributed by atoms with Crippen LogP contribution in [0.2, 0.25) is 0 Å². The third kappa shape index (κ3) is 4.46. The maximum Gasteiger partial charge on any atom is 0.317 e. The molecule has 0 saturated heterocycles. The van der Waals surface area contributed by atoms with Crippen molar-refractivity contribution in [2.75, 3.05) is 44.7 Å². The van der Waals surface area contributed by atoms with Crippen molar-refractivity contribution >= 4 is 17.6 Å². The highest BCUT2D eigenvalue weighted by atomic mass is 16.4. The molecule has 0 radical (unpaired) electrons. The zero-order chi connectivity index (χ0) is 15.2. The van der Waals surface area contributed by atoms with E-state index in [0.717, 1.165) is 19.5 Å². The lowest BCUT2D eigenvalue weighted by Gasteiger charge is -2.20. The molecular formula is C15H21N3O3. The molecule has 2 N–H and O–H groups in total. The lowest BCUT2D eigenvalue weighted by molar-refractivity contribution is -0.138. The number of rotatable bonds is 7. The van der Waals surface area contributed by atoms with Gasteiger partial charge in [0.25, 0.3) is 0 Å². The van der Waals surface area contributed by atoms with Gasteiger partial charge in [0.15, 0.2) is 0 Å². The molecule has 6 heteroatoms. The maximum atomic E-state index is 11.7. The fourth-order valence-corrected chi connectivity index (χ4v) is 2.56. The number of nitrogens with zero attached hydrogens (tertiary/aromatic N) is 2. The van der Waals surface area contributed by atoms with Crippen LogP contribution in [-0.4, -0.2) is 61.7 Å². The van der Waals surface area contributed by atoms with Crippen LogP contribution in [0.3, 0.4) is 0 Å². The summed E-state index contributed by atoms with van der Waals surface area (Å²) in [5.41, 5.74) is 2.60. The summed E-state index contributed by atoms with van der Waals surface area (Å²) in [6.07, 6.45) is 1.05. The number of anilines is 1. The zero-order valence-electron chi connectivity index (χ0n) is 12.2. The lowest BCUT2D eigenvalue weighted by Crippen LogP contribution is -2.40. The number of nitrogens with one attached hydrogen (secondary N) is 1. The monoisotopic (exact) mass is 291 g/mol. The van der Waals surface area contributed by atoms with E-state index in [1.807, 2.05) is 12.1 Å². The van der Waals surface area contributed by atoms with E-state index in [9.17, 15) is 9.59 Å². The molecule has 1 aromatic rings. The molecular weight excluding hydrogens is 270 g/mol. The molecule has 0 atom stereocenters. The van der Waals surface area contributed by atoms with Crippen molar-refractivity contribution in [3.8, 4) is 0 Å². The van der Waals surface area contributed by atoms with Crippen molar-refractivity contribution < 1.29 is 14.7 Å². The summed E-state index contributed by atoms with van der Waals surface area (Å²) in [6.45, 7) is 2.28. The zero-order valence-corrected chi connectivity index (χ0v) is 12.2. The average molecular weight is 291 g/mol. The molecule has 1 aliphatic rings. The van der Waals surface area contributed by atoms with E-state index in [1.165, 1.54) is 16.2 Å². The van der Waals surface area contributed by atoms with E-state index in [-0.39, 0.29) is 19.0 Å². The lowest BCUT2D eigenvalue weighted by atomic mass is 10.2. The number of hydrogen-bond donors (Lipinski definition) is 2. The molecule has 0 aromatic heterocycles. The van der Waals surface area contributed by atoms with Gasteiger partial charge >= 0.3 is 5.97 Å². The van der Waals surface area contributed by atoms with Gasteiger partial charge in [0.2, 0.25) is 5.91 Å². The largest absolute Gasteiger partial charge is 0.480 e. The number of benzene rings is 1. The molecule has 2 rings (SSSR count). The Kier molecular flexibility index (Phi) is 5.16. The fraction of sp³-hybridized carbons (Fsp3) is 0.467. The predicted octanol–water partition coefficient (Wildman–Crippen LogP) is 0.182. The first-order chi connectivity index (χ1) is 10.1. The SMILES string of the molecule is CN(CC(=O)O)CC(=O)NCCN1CCc2ccccc21. The van der Waals surface area contributed by atoms with E-state index < -0.39 is 5.97 Å². The minimum absolute atomic E-state index is 0.100. The number of carbonyl (C=O) groups is 2. The topological polar surface area (TPSA) is 72.9 Å². The van der Waals surface area contributed by atoms with Crippen LogP contribution in [0, 0.1) is 0 Å². The number of aliphatic carboxylic acids is 1. The Hall–Kier alpha value is -2.08. The Balaban J connectivity index is 1.70. The van der Waals surface area contributed by atoms with E-state index in [4.69, 9.17) is 5.11 Å². The van der Waals surface area contributed by atoms with Crippen molar-refractivity contribution in [2.45, 2.75) is 6.42 Å². The summed E-state index contributed by atoms with van der Waals surface area (Å²) >= 11 is 0. The highest BCUT2D eigenvalue weighted by molar-refractivity contribution is 5.79. The van der Waals surface area contributed by atoms with Gasteiger partial charge in [-0.15, -0.1) is 0 Å². The van der Waals surface area contributed by atoms with Gasteiger partial charge in [0.1, 0.15) is 0 Å². The van der Waals surface area contributed by atoms with Crippen LogP contribution in [0.1, 0.15) is 5.56 Å². The number of carbonyl (C=O) groups excluding carboxylic acids is 1. The van der Waals surface area contributed by atoms with Gasteiger partial charge in [0, 0.05) is 25.3 Å². The number of amides is 1. The molecule has 0 bridgehead atoms. The molecule has 0 saturated carbocycles. The average Bonchev–Trinajstić information content (AvgIpc) is 2.81.